The van der Waals surface area contributed by atoms with Gasteiger partial charge in [-0.25, -0.2) is 15.0 Å². The maximum Gasteiger partial charge on any atom is 0.116 e. The molecular weight excluding hydrogens is 242 g/mol. The van der Waals surface area contributed by atoms with E-state index in [9.17, 15) is 0 Å². The third-order valence-electron chi connectivity index (χ3n) is 2.44. The van der Waals surface area contributed by atoms with E-state index < -0.39 is 0 Å². The first-order chi connectivity index (χ1) is 6.84. The number of fused-ring (bicyclic) bond motifs is 1. The zero-order chi connectivity index (χ0) is 9.54. The molecule has 0 spiro atoms. The number of pyridine rings is 1. The van der Waals surface area contributed by atoms with E-state index in [2.05, 4.69) is 30.9 Å². The van der Waals surface area contributed by atoms with Crippen LogP contribution < -0.4 is 0 Å². The molecule has 0 atom stereocenters. The van der Waals surface area contributed by atoms with Gasteiger partial charge in [0.1, 0.15) is 11.8 Å². The van der Waals surface area contributed by atoms with Crippen molar-refractivity contribution in [1.82, 2.24) is 15.0 Å². The van der Waals surface area contributed by atoms with Crippen LogP contribution >= 0.6 is 15.9 Å². The second-order valence-electron chi connectivity index (χ2n) is 3.56. The summed E-state index contributed by atoms with van der Waals surface area (Å²) < 4.78 is 1.08. The molecule has 1 fully saturated rings. The van der Waals surface area contributed by atoms with Crippen molar-refractivity contribution in [1.29, 1.82) is 0 Å². The minimum atomic E-state index is 0.647. The average molecular weight is 250 g/mol. The van der Waals surface area contributed by atoms with E-state index in [1.165, 1.54) is 12.8 Å². The van der Waals surface area contributed by atoms with Gasteiger partial charge in [-0.05, 0) is 34.8 Å². The maximum atomic E-state index is 4.56. The van der Waals surface area contributed by atoms with Crippen molar-refractivity contribution < 1.29 is 0 Å². The third-order valence-corrected chi connectivity index (χ3v) is 3.07. The van der Waals surface area contributed by atoms with Gasteiger partial charge in [-0.1, -0.05) is 0 Å². The Kier molecular flexibility index (Phi) is 1.77. The van der Waals surface area contributed by atoms with Crippen molar-refractivity contribution in [3.8, 4) is 0 Å². The van der Waals surface area contributed by atoms with E-state index >= 15 is 0 Å². The molecule has 0 N–H and O–H groups in total. The van der Waals surface area contributed by atoms with Crippen LogP contribution in [0.25, 0.3) is 11.0 Å². The summed E-state index contributed by atoms with van der Waals surface area (Å²) in [5.74, 6) is 0.647. The fourth-order valence-corrected chi connectivity index (χ4v) is 2.18. The molecule has 70 valence electrons. The summed E-state index contributed by atoms with van der Waals surface area (Å²) in [5, 5.41) is 0. The SMILES string of the molecule is Brc1cc2ncncc2nc1C1CC1. The van der Waals surface area contributed by atoms with E-state index in [-0.39, 0.29) is 0 Å². The summed E-state index contributed by atoms with van der Waals surface area (Å²) in [6.07, 6.45) is 5.82. The lowest BCUT2D eigenvalue weighted by molar-refractivity contribution is 1.02. The monoisotopic (exact) mass is 249 g/mol. The standard InChI is InChI=1S/C10H8BrN3/c11-7-3-8-9(4-12-5-13-8)14-10(7)6-1-2-6/h3-6H,1-2H2. The van der Waals surface area contributed by atoms with E-state index in [0.29, 0.717) is 5.92 Å². The van der Waals surface area contributed by atoms with Crippen molar-refractivity contribution >= 4 is 27.0 Å². The van der Waals surface area contributed by atoms with Crippen LogP contribution in [0.5, 0.6) is 0 Å². The van der Waals surface area contributed by atoms with Crippen LogP contribution in [-0.2, 0) is 0 Å². The van der Waals surface area contributed by atoms with Gasteiger partial charge in [0.05, 0.1) is 17.4 Å². The average Bonchev–Trinajstić information content (AvgIpc) is 3.00. The van der Waals surface area contributed by atoms with Crippen molar-refractivity contribution in [2.45, 2.75) is 18.8 Å². The highest BCUT2D eigenvalue weighted by Crippen LogP contribution is 2.42. The first kappa shape index (κ1) is 8.29. The smallest absolute Gasteiger partial charge is 0.116 e. The Morgan fingerprint density at radius 1 is 1.29 bits per heavy atom. The normalized spacial score (nSPS) is 16.1. The van der Waals surface area contributed by atoms with Crippen LogP contribution in [0.2, 0.25) is 0 Å². The van der Waals surface area contributed by atoms with Crippen LogP contribution in [0.3, 0.4) is 0 Å². The minimum absolute atomic E-state index is 0.647. The number of hydrogen-bond donors (Lipinski definition) is 0. The van der Waals surface area contributed by atoms with Crippen molar-refractivity contribution in [2.75, 3.05) is 0 Å². The van der Waals surface area contributed by atoms with Crippen molar-refractivity contribution in [3.63, 3.8) is 0 Å². The molecule has 0 unspecified atom stereocenters. The Hall–Kier alpha value is -1.03. The molecule has 0 aromatic carbocycles. The first-order valence-electron chi connectivity index (χ1n) is 4.61. The molecule has 2 aromatic heterocycles. The maximum absolute atomic E-state index is 4.56. The highest BCUT2D eigenvalue weighted by molar-refractivity contribution is 9.10. The summed E-state index contributed by atoms with van der Waals surface area (Å²) in [7, 11) is 0. The Balaban J connectivity index is 2.26. The first-order valence-corrected chi connectivity index (χ1v) is 5.40. The second-order valence-corrected chi connectivity index (χ2v) is 4.41. The van der Waals surface area contributed by atoms with E-state index in [4.69, 9.17) is 0 Å². The summed E-state index contributed by atoms with van der Waals surface area (Å²) in [6, 6.07) is 2.03. The van der Waals surface area contributed by atoms with Gasteiger partial charge in [0.15, 0.2) is 0 Å². The summed E-state index contributed by atoms with van der Waals surface area (Å²) in [5.41, 5.74) is 2.95. The van der Waals surface area contributed by atoms with Gasteiger partial charge in [-0.2, -0.15) is 0 Å². The predicted molar refractivity (Wildman–Crippen MR) is 57.0 cm³/mol. The summed E-state index contributed by atoms with van der Waals surface area (Å²) in [4.78, 5) is 12.7. The van der Waals surface area contributed by atoms with Gasteiger partial charge in [-0.3, -0.25) is 0 Å². The van der Waals surface area contributed by atoms with Gasteiger partial charge in [0.25, 0.3) is 0 Å². The molecule has 2 heterocycles. The molecule has 0 amide bonds. The van der Waals surface area contributed by atoms with Crippen LogP contribution in [0.15, 0.2) is 23.1 Å². The second kappa shape index (κ2) is 2.98. The van der Waals surface area contributed by atoms with Gasteiger partial charge in [0, 0.05) is 10.4 Å². The largest absolute Gasteiger partial charge is 0.248 e. The lowest BCUT2D eigenvalue weighted by Gasteiger charge is -2.02. The van der Waals surface area contributed by atoms with E-state index in [1.807, 2.05) is 6.07 Å². The Morgan fingerprint density at radius 2 is 2.14 bits per heavy atom. The molecule has 1 aliphatic rings. The van der Waals surface area contributed by atoms with Crippen LogP contribution in [0, 0.1) is 0 Å². The van der Waals surface area contributed by atoms with Gasteiger partial charge in [0.2, 0.25) is 0 Å². The molecule has 3 rings (SSSR count). The topological polar surface area (TPSA) is 38.7 Å². The molecule has 2 aromatic rings. The lowest BCUT2D eigenvalue weighted by atomic mass is 10.2. The number of aromatic nitrogens is 3. The van der Waals surface area contributed by atoms with Gasteiger partial charge in [-0.15, -0.1) is 0 Å². The van der Waals surface area contributed by atoms with Crippen molar-refractivity contribution in [3.05, 3.63) is 28.8 Å². The molecule has 0 saturated heterocycles. The lowest BCUT2D eigenvalue weighted by Crippen LogP contribution is -1.92. The molecule has 4 heteroatoms. The zero-order valence-corrected chi connectivity index (χ0v) is 9.03. The molecule has 1 aliphatic carbocycles. The van der Waals surface area contributed by atoms with Crippen LogP contribution in [0.4, 0.5) is 0 Å². The molecule has 3 nitrogen and oxygen atoms in total. The fourth-order valence-electron chi connectivity index (χ4n) is 1.55. The molecule has 1 saturated carbocycles. The number of nitrogens with zero attached hydrogens (tertiary/aromatic N) is 3. The Labute approximate surface area is 89.7 Å². The molecule has 0 aliphatic heterocycles. The Morgan fingerprint density at radius 3 is 2.93 bits per heavy atom. The number of halogens is 1. The number of rotatable bonds is 1. The summed E-state index contributed by atoms with van der Waals surface area (Å²) >= 11 is 3.54. The fraction of sp³-hybridized carbons (Fsp3) is 0.300. The molecule has 14 heavy (non-hydrogen) atoms. The van der Waals surface area contributed by atoms with E-state index in [0.717, 1.165) is 21.2 Å². The molecule has 0 bridgehead atoms. The van der Waals surface area contributed by atoms with Gasteiger partial charge >= 0.3 is 0 Å². The highest BCUT2D eigenvalue weighted by atomic mass is 79.9. The minimum Gasteiger partial charge on any atom is -0.248 e. The summed E-state index contributed by atoms with van der Waals surface area (Å²) in [6.45, 7) is 0. The highest BCUT2D eigenvalue weighted by Gasteiger charge is 2.27. The quantitative estimate of drug-likeness (QED) is 0.780. The van der Waals surface area contributed by atoms with Crippen LogP contribution in [-0.4, -0.2) is 15.0 Å². The van der Waals surface area contributed by atoms with Gasteiger partial charge < -0.3 is 0 Å². The zero-order valence-electron chi connectivity index (χ0n) is 7.44. The van der Waals surface area contributed by atoms with Crippen molar-refractivity contribution in [2.24, 2.45) is 0 Å². The van der Waals surface area contributed by atoms with E-state index in [1.54, 1.807) is 12.5 Å². The molecular formula is C10H8BrN3. The Bertz CT molecular complexity index is 494. The molecule has 0 radical (unpaired) electrons. The number of hydrogen-bond acceptors (Lipinski definition) is 3. The third kappa shape index (κ3) is 1.30. The predicted octanol–water partition coefficient (Wildman–Crippen LogP) is 2.66. The van der Waals surface area contributed by atoms with Crippen LogP contribution in [0.1, 0.15) is 24.5 Å².